The SMILES string of the molecule is CC/C=C/C/C=C/C/C=C/CCCCCC(O)C(=O)NC(COC1OC(CO)C(O)C(O)C1OC(=O)CCCCCCCCC/C=C/C/C=C/CC)C(O)/C=C/CCCCCCCCCCCCC. The summed E-state index contributed by atoms with van der Waals surface area (Å²) >= 11 is 0. The minimum atomic E-state index is -1.62. The number of ether oxygens (including phenoxy) is 3. The first-order valence-corrected chi connectivity index (χ1v) is 27.7. The predicted molar refractivity (Wildman–Crippen MR) is 283 cm³/mol. The molecule has 1 rings (SSSR count). The van der Waals surface area contributed by atoms with E-state index in [-0.39, 0.29) is 19.4 Å². The highest BCUT2D eigenvalue weighted by molar-refractivity contribution is 5.80. The zero-order valence-corrected chi connectivity index (χ0v) is 43.7. The van der Waals surface area contributed by atoms with Crippen LogP contribution in [-0.4, -0.2) is 99.6 Å². The molecule has 0 aliphatic carbocycles. The van der Waals surface area contributed by atoms with E-state index in [1.807, 2.05) is 6.08 Å². The van der Waals surface area contributed by atoms with Crippen molar-refractivity contribution in [1.29, 1.82) is 0 Å². The second-order valence-corrected chi connectivity index (χ2v) is 18.9. The summed E-state index contributed by atoms with van der Waals surface area (Å²) < 4.78 is 17.5. The molecule has 1 saturated heterocycles. The van der Waals surface area contributed by atoms with Gasteiger partial charge < -0.3 is 45.1 Å². The van der Waals surface area contributed by atoms with Crippen molar-refractivity contribution in [2.45, 2.75) is 269 Å². The van der Waals surface area contributed by atoms with Crippen molar-refractivity contribution in [1.82, 2.24) is 5.32 Å². The Bertz CT molecular complexity index is 1390. The Morgan fingerprint density at radius 2 is 1.04 bits per heavy atom. The maximum absolute atomic E-state index is 13.3. The highest BCUT2D eigenvalue weighted by Crippen LogP contribution is 2.26. The molecule has 0 aromatic rings. The van der Waals surface area contributed by atoms with Crippen LogP contribution in [0, 0.1) is 0 Å². The monoisotopic (exact) mass is 972 g/mol. The number of amides is 1. The third-order valence-corrected chi connectivity index (χ3v) is 12.6. The second kappa shape index (κ2) is 46.2. The van der Waals surface area contributed by atoms with Crippen LogP contribution in [0.25, 0.3) is 0 Å². The van der Waals surface area contributed by atoms with Gasteiger partial charge >= 0.3 is 5.97 Å². The van der Waals surface area contributed by atoms with Crippen LogP contribution in [0.2, 0.25) is 0 Å². The lowest BCUT2D eigenvalue weighted by molar-refractivity contribution is -0.305. The zero-order valence-electron chi connectivity index (χ0n) is 43.7. The topological polar surface area (TPSA) is 175 Å². The van der Waals surface area contributed by atoms with Crippen LogP contribution < -0.4 is 5.32 Å². The van der Waals surface area contributed by atoms with E-state index in [1.54, 1.807) is 6.08 Å². The molecule has 0 radical (unpaired) electrons. The normalized spacial score (nSPS) is 20.4. The molecule has 1 aliphatic heterocycles. The van der Waals surface area contributed by atoms with E-state index in [0.29, 0.717) is 12.8 Å². The van der Waals surface area contributed by atoms with Crippen LogP contribution in [0.3, 0.4) is 0 Å². The van der Waals surface area contributed by atoms with Gasteiger partial charge in [0.05, 0.1) is 25.4 Å². The van der Waals surface area contributed by atoms with Crippen LogP contribution in [-0.2, 0) is 23.8 Å². The second-order valence-electron chi connectivity index (χ2n) is 18.9. The smallest absolute Gasteiger partial charge is 0.306 e. The Balaban J connectivity index is 2.78. The van der Waals surface area contributed by atoms with Gasteiger partial charge in [0.15, 0.2) is 12.4 Å². The average molecular weight is 972 g/mol. The quantitative estimate of drug-likeness (QED) is 0.0196. The number of hydrogen-bond donors (Lipinski definition) is 6. The van der Waals surface area contributed by atoms with E-state index in [4.69, 9.17) is 14.2 Å². The molecule has 398 valence electrons. The number of carbonyl (C=O) groups excluding carboxylic acids is 2. The number of hydrogen-bond acceptors (Lipinski definition) is 10. The molecule has 1 amide bonds. The Hall–Kier alpha value is -2.90. The molecule has 0 aromatic carbocycles. The number of unbranched alkanes of at least 4 members (excludes halogenated alkanes) is 21. The molecular weight excluding hydrogens is 871 g/mol. The van der Waals surface area contributed by atoms with E-state index in [2.05, 4.69) is 86.8 Å². The van der Waals surface area contributed by atoms with E-state index in [0.717, 1.165) is 109 Å². The first-order chi connectivity index (χ1) is 33.7. The molecule has 1 heterocycles. The van der Waals surface area contributed by atoms with Gasteiger partial charge in [0.1, 0.15) is 24.4 Å². The lowest BCUT2D eigenvalue weighted by Gasteiger charge is -2.41. The fraction of sp³-hybridized carbons (Fsp3) is 0.759. The van der Waals surface area contributed by atoms with E-state index in [1.165, 1.54) is 64.2 Å². The van der Waals surface area contributed by atoms with Crippen molar-refractivity contribution in [3.05, 3.63) is 72.9 Å². The number of nitrogens with one attached hydrogen (secondary N) is 1. The molecule has 11 heteroatoms. The molecule has 0 spiro atoms. The predicted octanol–water partition coefficient (Wildman–Crippen LogP) is 12.1. The Kier molecular flexibility index (Phi) is 42.9. The van der Waals surface area contributed by atoms with Gasteiger partial charge in [0.2, 0.25) is 5.91 Å². The summed E-state index contributed by atoms with van der Waals surface area (Å²) in [7, 11) is 0. The molecule has 1 fully saturated rings. The number of rotatable bonds is 45. The van der Waals surface area contributed by atoms with Crippen molar-refractivity contribution < 1.29 is 49.3 Å². The van der Waals surface area contributed by atoms with Gasteiger partial charge in [-0.15, -0.1) is 0 Å². The summed E-state index contributed by atoms with van der Waals surface area (Å²) in [5.74, 6) is -1.23. The van der Waals surface area contributed by atoms with E-state index >= 15 is 0 Å². The van der Waals surface area contributed by atoms with Gasteiger partial charge in [-0.1, -0.05) is 203 Å². The van der Waals surface area contributed by atoms with Gasteiger partial charge in [-0.05, 0) is 83.5 Å². The summed E-state index contributed by atoms with van der Waals surface area (Å²) in [5, 5.41) is 56.7. The van der Waals surface area contributed by atoms with Crippen molar-refractivity contribution >= 4 is 11.9 Å². The number of allylic oxidation sites excluding steroid dienone is 11. The average Bonchev–Trinajstić information content (AvgIpc) is 3.34. The molecule has 1 aliphatic rings. The van der Waals surface area contributed by atoms with Gasteiger partial charge in [-0.2, -0.15) is 0 Å². The van der Waals surface area contributed by atoms with Crippen molar-refractivity contribution in [3.8, 4) is 0 Å². The first kappa shape index (κ1) is 64.1. The molecule has 6 N–H and O–H groups in total. The zero-order chi connectivity index (χ0) is 50.4. The van der Waals surface area contributed by atoms with Crippen LogP contribution in [0.5, 0.6) is 0 Å². The molecule has 8 atom stereocenters. The summed E-state index contributed by atoms with van der Waals surface area (Å²) in [6.07, 6.45) is 46.6. The van der Waals surface area contributed by atoms with Gasteiger partial charge in [0, 0.05) is 6.42 Å². The molecule has 11 nitrogen and oxygen atoms in total. The fourth-order valence-electron chi connectivity index (χ4n) is 8.23. The molecule has 0 bridgehead atoms. The summed E-state index contributed by atoms with van der Waals surface area (Å²) in [5.41, 5.74) is 0. The number of aliphatic hydroxyl groups is 5. The lowest BCUT2D eigenvalue weighted by Crippen LogP contribution is -2.61. The molecule has 8 unspecified atom stereocenters. The fourth-order valence-corrected chi connectivity index (χ4v) is 8.23. The molecule has 69 heavy (non-hydrogen) atoms. The van der Waals surface area contributed by atoms with Crippen molar-refractivity contribution in [2.24, 2.45) is 0 Å². The van der Waals surface area contributed by atoms with Crippen LogP contribution in [0.15, 0.2) is 72.9 Å². The van der Waals surface area contributed by atoms with E-state index in [9.17, 15) is 35.1 Å². The summed E-state index contributed by atoms with van der Waals surface area (Å²) in [6, 6.07) is -1.04. The van der Waals surface area contributed by atoms with Crippen LogP contribution >= 0.6 is 0 Å². The van der Waals surface area contributed by atoms with Crippen molar-refractivity contribution in [2.75, 3.05) is 13.2 Å². The van der Waals surface area contributed by atoms with Crippen LogP contribution in [0.4, 0.5) is 0 Å². The highest BCUT2D eigenvalue weighted by atomic mass is 16.7. The molecule has 0 aromatic heterocycles. The largest absolute Gasteiger partial charge is 0.454 e. The third-order valence-electron chi connectivity index (χ3n) is 12.6. The Labute approximate surface area is 420 Å². The van der Waals surface area contributed by atoms with Crippen molar-refractivity contribution in [3.63, 3.8) is 0 Å². The molecule has 0 saturated carbocycles. The minimum Gasteiger partial charge on any atom is -0.454 e. The summed E-state index contributed by atoms with van der Waals surface area (Å²) in [6.45, 7) is 5.52. The number of aliphatic hydroxyl groups excluding tert-OH is 5. The third kappa shape index (κ3) is 35.0. The Morgan fingerprint density at radius 1 is 0.580 bits per heavy atom. The maximum Gasteiger partial charge on any atom is 0.306 e. The van der Waals surface area contributed by atoms with E-state index < -0.39 is 67.4 Å². The van der Waals surface area contributed by atoms with Crippen LogP contribution in [0.1, 0.15) is 220 Å². The van der Waals surface area contributed by atoms with Gasteiger partial charge in [0.25, 0.3) is 0 Å². The lowest BCUT2D eigenvalue weighted by atomic mass is 9.99. The van der Waals surface area contributed by atoms with Gasteiger partial charge in [-0.3, -0.25) is 9.59 Å². The highest BCUT2D eigenvalue weighted by Gasteiger charge is 2.47. The van der Waals surface area contributed by atoms with Gasteiger partial charge in [-0.25, -0.2) is 0 Å². The Morgan fingerprint density at radius 3 is 1.57 bits per heavy atom. The number of esters is 1. The molecular formula is C58H101NO10. The maximum atomic E-state index is 13.3. The standard InChI is InChI=1S/C58H101NO10/c1-4-7-10-13-16-19-22-25-28-31-34-37-40-43-46-53(63)69-56-55(65)54(64)52(47-60)68-58(56)67-48-49(50(61)44-41-38-35-32-29-26-23-20-17-14-11-8-5-2)59-57(66)51(62)45-42-39-36-33-30-27-24-21-18-15-12-9-6-3/h7,9-10,12,16,18-19,21,27,30,41,44,49-52,54-56,58,60-62,64-65H,4-6,8,11,13-15,17,20,22-26,28-29,31-40,42-43,45-48H2,1-3H3,(H,59,66)/b10-7+,12-9+,19-16+,21-18+,30-27+,44-41+. The summed E-state index contributed by atoms with van der Waals surface area (Å²) in [4.78, 5) is 26.4. The minimum absolute atomic E-state index is 0.109. The number of carbonyl (C=O) groups is 2. The first-order valence-electron chi connectivity index (χ1n) is 27.7.